The van der Waals surface area contributed by atoms with Crippen LogP contribution in [0.1, 0.15) is 117 Å². The average Bonchev–Trinajstić information content (AvgIpc) is 2.91. The van der Waals surface area contributed by atoms with Crippen molar-refractivity contribution in [3.05, 3.63) is 36.5 Å². The SMILES string of the molecule is CCCCC/C=C\C/C=C\C/C=C\CC(O)C(O)CCCC(=O)OC[C@H](CO)OC(=O)CCCCCCC. The van der Waals surface area contributed by atoms with Gasteiger partial charge in [0.05, 0.1) is 18.8 Å². The fraction of sp³-hybridized carbons (Fsp3) is 0.742. The summed E-state index contributed by atoms with van der Waals surface area (Å²) in [6.45, 7) is 3.72. The second-order valence-electron chi connectivity index (χ2n) is 9.79. The van der Waals surface area contributed by atoms with Crippen molar-refractivity contribution in [2.75, 3.05) is 13.2 Å². The van der Waals surface area contributed by atoms with Gasteiger partial charge in [-0.2, -0.15) is 0 Å². The van der Waals surface area contributed by atoms with E-state index in [0.29, 0.717) is 12.8 Å². The number of ether oxygens (including phenoxy) is 2. The van der Waals surface area contributed by atoms with E-state index in [1.165, 1.54) is 19.3 Å². The molecule has 38 heavy (non-hydrogen) atoms. The predicted molar refractivity (Wildman–Crippen MR) is 153 cm³/mol. The van der Waals surface area contributed by atoms with Gasteiger partial charge in [0.25, 0.3) is 0 Å². The molecule has 0 radical (unpaired) electrons. The van der Waals surface area contributed by atoms with E-state index in [1.54, 1.807) is 0 Å². The van der Waals surface area contributed by atoms with E-state index in [2.05, 4.69) is 38.2 Å². The summed E-state index contributed by atoms with van der Waals surface area (Å²) in [4.78, 5) is 23.8. The van der Waals surface area contributed by atoms with Crippen LogP contribution in [-0.4, -0.2) is 58.8 Å². The number of esters is 2. The monoisotopic (exact) mass is 538 g/mol. The Hall–Kier alpha value is -1.96. The Morgan fingerprint density at radius 2 is 1.32 bits per heavy atom. The summed E-state index contributed by atoms with van der Waals surface area (Å²) in [7, 11) is 0. The molecule has 0 aromatic heterocycles. The second kappa shape index (κ2) is 26.6. The normalized spacial score (nSPS) is 14.3. The number of carbonyl (C=O) groups excluding carboxylic acids is 2. The number of rotatable bonds is 25. The lowest BCUT2D eigenvalue weighted by atomic mass is 10.0. The van der Waals surface area contributed by atoms with Crippen LogP contribution in [0.15, 0.2) is 36.5 Å². The molecule has 220 valence electrons. The molecule has 0 saturated carbocycles. The van der Waals surface area contributed by atoms with Gasteiger partial charge in [-0.3, -0.25) is 9.59 Å². The van der Waals surface area contributed by atoms with Crippen molar-refractivity contribution >= 4 is 11.9 Å². The summed E-state index contributed by atoms with van der Waals surface area (Å²) in [5, 5.41) is 29.6. The van der Waals surface area contributed by atoms with Crippen LogP contribution in [0.5, 0.6) is 0 Å². The Bertz CT molecular complexity index is 657. The van der Waals surface area contributed by atoms with Crippen LogP contribution < -0.4 is 0 Å². The van der Waals surface area contributed by atoms with Gasteiger partial charge in [0.15, 0.2) is 6.10 Å². The molecule has 2 unspecified atom stereocenters. The van der Waals surface area contributed by atoms with Gasteiger partial charge in [-0.25, -0.2) is 0 Å². The van der Waals surface area contributed by atoms with Crippen molar-refractivity contribution in [2.45, 2.75) is 135 Å². The third-order valence-electron chi connectivity index (χ3n) is 6.14. The number of hydrogen-bond acceptors (Lipinski definition) is 7. The number of unbranched alkanes of at least 4 members (excludes halogenated alkanes) is 7. The van der Waals surface area contributed by atoms with E-state index >= 15 is 0 Å². The summed E-state index contributed by atoms with van der Waals surface area (Å²) in [6.07, 6.45) is 22.8. The third kappa shape index (κ3) is 23.2. The Kier molecular flexibility index (Phi) is 25.3. The molecule has 0 aliphatic carbocycles. The fourth-order valence-corrected chi connectivity index (χ4v) is 3.71. The minimum absolute atomic E-state index is 0.0704. The van der Waals surface area contributed by atoms with Crippen LogP contribution in [0, 0.1) is 0 Å². The smallest absolute Gasteiger partial charge is 0.306 e. The quantitative estimate of drug-likeness (QED) is 0.0730. The maximum atomic E-state index is 12.0. The molecule has 0 saturated heterocycles. The van der Waals surface area contributed by atoms with E-state index in [-0.39, 0.29) is 25.9 Å². The van der Waals surface area contributed by atoms with Gasteiger partial charge in [-0.1, -0.05) is 88.8 Å². The highest BCUT2D eigenvalue weighted by molar-refractivity contribution is 5.70. The number of aliphatic hydroxyl groups excluding tert-OH is 3. The highest BCUT2D eigenvalue weighted by Crippen LogP contribution is 2.11. The molecule has 0 bridgehead atoms. The molecule has 0 aliphatic rings. The zero-order valence-corrected chi connectivity index (χ0v) is 23.9. The molecule has 7 heteroatoms. The summed E-state index contributed by atoms with van der Waals surface area (Å²) in [5.74, 6) is -0.896. The first-order valence-electron chi connectivity index (χ1n) is 14.7. The van der Waals surface area contributed by atoms with Crippen LogP contribution >= 0.6 is 0 Å². The lowest BCUT2D eigenvalue weighted by molar-refractivity contribution is -0.161. The number of allylic oxidation sites excluding steroid dienone is 5. The topological polar surface area (TPSA) is 113 Å². The van der Waals surface area contributed by atoms with Crippen LogP contribution in [0.2, 0.25) is 0 Å². The van der Waals surface area contributed by atoms with Crippen LogP contribution in [0.3, 0.4) is 0 Å². The highest BCUT2D eigenvalue weighted by Gasteiger charge is 2.18. The van der Waals surface area contributed by atoms with Crippen molar-refractivity contribution < 1.29 is 34.4 Å². The fourth-order valence-electron chi connectivity index (χ4n) is 3.71. The number of hydrogen-bond donors (Lipinski definition) is 3. The first-order valence-corrected chi connectivity index (χ1v) is 14.7. The third-order valence-corrected chi connectivity index (χ3v) is 6.14. The van der Waals surface area contributed by atoms with Gasteiger partial charge in [0, 0.05) is 12.8 Å². The van der Waals surface area contributed by atoms with E-state index in [4.69, 9.17) is 9.47 Å². The van der Waals surface area contributed by atoms with E-state index in [1.807, 2.05) is 12.2 Å². The van der Waals surface area contributed by atoms with Gasteiger partial charge in [-0.15, -0.1) is 0 Å². The lowest BCUT2D eigenvalue weighted by Crippen LogP contribution is -2.28. The van der Waals surface area contributed by atoms with Crippen molar-refractivity contribution in [1.29, 1.82) is 0 Å². The summed E-state index contributed by atoms with van der Waals surface area (Å²) in [5.41, 5.74) is 0. The van der Waals surface area contributed by atoms with Gasteiger partial charge in [0.1, 0.15) is 6.61 Å². The minimum Gasteiger partial charge on any atom is -0.462 e. The van der Waals surface area contributed by atoms with E-state index in [0.717, 1.165) is 51.4 Å². The lowest BCUT2D eigenvalue weighted by Gasteiger charge is -2.17. The summed E-state index contributed by atoms with van der Waals surface area (Å²) < 4.78 is 10.3. The van der Waals surface area contributed by atoms with Crippen molar-refractivity contribution in [2.24, 2.45) is 0 Å². The zero-order valence-electron chi connectivity index (χ0n) is 23.9. The number of aliphatic hydroxyl groups is 3. The molecule has 0 heterocycles. The molecule has 0 aliphatic heterocycles. The molecule has 0 fully saturated rings. The first-order chi connectivity index (χ1) is 18.4. The average molecular weight is 539 g/mol. The number of carbonyl (C=O) groups is 2. The molecule has 0 rings (SSSR count). The first kappa shape index (κ1) is 36.0. The van der Waals surface area contributed by atoms with E-state index in [9.17, 15) is 24.9 Å². The highest BCUT2D eigenvalue weighted by atomic mass is 16.6. The van der Waals surface area contributed by atoms with Gasteiger partial charge >= 0.3 is 11.9 Å². The van der Waals surface area contributed by atoms with Crippen molar-refractivity contribution in [3.8, 4) is 0 Å². The summed E-state index contributed by atoms with van der Waals surface area (Å²) >= 11 is 0. The maximum Gasteiger partial charge on any atom is 0.306 e. The summed E-state index contributed by atoms with van der Waals surface area (Å²) in [6, 6.07) is 0. The molecule has 3 atom stereocenters. The molecule has 0 aromatic carbocycles. The predicted octanol–water partition coefficient (Wildman–Crippen LogP) is 6.11. The van der Waals surface area contributed by atoms with Gasteiger partial charge < -0.3 is 24.8 Å². The van der Waals surface area contributed by atoms with Crippen molar-refractivity contribution in [1.82, 2.24) is 0 Å². The second-order valence-corrected chi connectivity index (χ2v) is 9.79. The van der Waals surface area contributed by atoms with Gasteiger partial charge in [0.2, 0.25) is 0 Å². The Labute approximate surface area is 231 Å². The maximum absolute atomic E-state index is 12.0. The molecule has 3 N–H and O–H groups in total. The molecule has 0 amide bonds. The van der Waals surface area contributed by atoms with Crippen molar-refractivity contribution in [3.63, 3.8) is 0 Å². The molecular weight excluding hydrogens is 484 g/mol. The van der Waals surface area contributed by atoms with Crippen LogP contribution in [-0.2, 0) is 19.1 Å². The Morgan fingerprint density at radius 1 is 0.711 bits per heavy atom. The molecular formula is C31H54O7. The minimum atomic E-state index is -0.927. The Morgan fingerprint density at radius 3 is 2.00 bits per heavy atom. The molecule has 7 nitrogen and oxygen atoms in total. The molecule has 0 spiro atoms. The largest absolute Gasteiger partial charge is 0.462 e. The zero-order chi connectivity index (χ0) is 28.3. The molecule has 0 aromatic rings. The van der Waals surface area contributed by atoms with E-state index < -0.39 is 36.9 Å². The van der Waals surface area contributed by atoms with Gasteiger partial charge in [-0.05, 0) is 51.4 Å². The van der Waals surface area contributed by atoms with Crippen LogP contribution in [0.4, 0.5) is 0 Å². The standard InChI is InChI=1S/C31H54O7/c1-3-5-7-9-10-11-12-13-14-15-17-18-21-28(33)29(34)22-20-24-30(35)37-26-27(25-32)38-31(36)23-19-16-8-6-4-2/h10-11,13-14,17-18,27-29,32-34H,3-9,12,15-16,19-26H2,1-2H3/b11-10-,14-13-,18-17-/t27-,28?,29?/m0/s1. The Balaban J connectivity index is 3.93. The van der Waals surface area contributed by atoms with Crippen LogP contribution in [0.25, 0.3) is 0 Å².